The number of thiophene rings is 1. The van der Waals surface area contributed by atoms with E-state index in [2.05, 4.69) is 41.8 Å². The van der Waals surface area contributed by atoms with Gasteiger partial charge < -0.3 is 10.6 Å². The number of carbonyl (C=O) groups excluding carboxylic acids is 3. The van der Waals surface area contributed by atoms with Crippen molar-refractivity contribution in [2.24, 2.45) is 0 Å². The zero-order chi connectivity index (χ0) is 22.6. The van der Waals surface area contributed by atoms with Gasteiger partial charge in [0.25, 0.3) is 5.91 Å². The average Bonchev–Trinajstić information content (AvgIpc) is 3.41. The number of carbonyl (C=O) groups is 3. The van der Waals surface area contributed by atoms with Crippen molar-refractivity contribution < 1.29 is 14.4 Å². The highest BCUT2D eigenvalue weighted by Crippen LogP contribution is 2.33. The summed E-state index contributed by atoms with van der Waals surface area (Å²) in [4.78, 5) is 40.6. The van der Waals surface area contributed by atoms with E-state index in [0.29, 0.717) is 12.8 Å². The molecule has 0 bridgehead atoms. The number of hydrogen-bond donors (Lipinski definition) is 2. The fraction of sp³-hybridized carbons (Fsp3) is 0.480. The van der Waals surface area contributed by atoms with Crippen molar-refractivity contribution in [3.8, 4) is 0 Å². The summed E-state index contributed by atoms with van der Waals surface area (Å²) in [5.41, 5.74) is 1.46. The molecule has 1 saturated carbocycles. The quantitative estimate of drug-likeness (QED) is 0.576. The number of benzene rings is 1. The molecule has 2 fully saturated rings. The van der Waals surface area contributed by atoms with Gasteiger partial charge in [0, 0.05) is 4.88 Å². The predicted molar refractivity (Wildman–Crippen MR) is 125 cm³/mol. The maximum atomic E-state index is 13.0. The molecule has 1 unspecified atom stereocenters. The molecule has 2 aromatic rings. The average molecular weight is 454 g/mol. The summed E-state index contributed by atoms with van der Waals surface area (Å²) < 4.78 is 0. The fourth-order valence-electron chi connectivity index (χ4n) is 4.70. The molecule has 1 atom stereocenters. The molecule has 32 heavy (non-hydrogen) atoms. The Morgan fingerprint density at radius 2 is 1.91 bits per heavy atom. The molecule has 4 amide bonds. The van der Waals surface area contributed by atoms with Gasteiger partial charge in [-0.2, -0.15) is 0 Å². The van der Waals surface area contributed by atoms with Crippen LogP contribution in [0.4, 0.5) is 4.79 Å². The van der Waals surface area contributed by atoms with E-state index < -0.39 is 11.6 Å². The molecule has 0 radical (unpaired) electrons. The van der Waals surface area contributed by atoms with Crippen LogP contribution in [0.15, 0.2) is 41.8 Å². The molecule has 7 heteroatoms. The summed E-state index contributed by atoms with van der Waals surface area (Å²) in [7, 11) is 0. The summed E-state index contributed by atoms with van der Waals surface area (Å²) in [5, 5.41) is 7.91. The molecule has 2 N–H and O–H groups in total. The van der Waals surface area contributed by atoms with E-state index in [-0.39, 0.29) is 24.4 Å². The number of amides is 4. The molecule has 2 aliphatic rings. The maximum Gasteiger partial charge on any atom is 0.325 e. The minimum absolute atomic E-state index is 0.259. The van der Waals surface area contributed by atoms with Crippen molar-refractivity contribution in [2.75, 3.05) is 6.54 Å². The van der Waals surface area contributed by atoms with Gasteiger partial charge in [-0.25, -0.2) is 4.79 Å². The summed E-state index contributed by atoms with van der Waals surface area (Å²) in [6.07, 6.45) is 7.56. The van der Waals surface area contributed by atoms with Crippen LogP contribution in [0.1, 0.15) is 73.9 Å². The number of aryl methyl sites for hydroxylation is 1. The number of imide groups is 1. The van der Waals surface area contributed by atoms with E-state index in [0.717, 1.165) is 53.9 Å². The third-order valence-electron chi connectivity index (χ3n) is 6.52. The summed E-state index contributed by atoms with van der Waals surface area (Å²) >= 11 is 1.57. The van der Waals surface area contributed by atoms with E-state index in [1.54, 1.807) is 11.3 Å². The van der Waals surface area contributed by atoms with E-state index in [1.165, 1.54) is 5.56 Å². The van der Waals surface area contributed by atoms with E-state index >= 15 is 0 Å². The lowest BCUT2D eigenvalue weighted by molar-refractivity contribution is -0.136. The first-order chi connectivity index (χ1) is 15.5. The number of unbranched alkanes of at least 4 members (excludes halogenated alkanes) is 1. The number of hydrogen-bond acceptors (Lipinski definition) is 4. The Balaban J connectivity index is 1.46. The van der Waals surface area contributed by atoms with Crippen LogP contribution < -0.4 is 10.6 Å². The number of nitrogens with zero attached hydrogens (tertiary/aromatic N) is 1. The van der Waals surface area contributed by atoms with Crippen LogP contribution in [0.3, 0.4) is 0 Å². The molecular formula is C25H31N3O3S. The molecule has 1 aromatic heterocycles. The summed E-state index contributed by atoms with van der Waals surface area (Å²) in [6.45, 7) is 1.92. The van der Waals surface area contributed by atoms with E-state index in [9.17, 15) is 14.4 Å². The first-order valence-electron chi connectivity index (χ1n) is 11.6. The van der Waals surface area contributed by atoms with Crippen molar-refractivity contribution in [2.45, 2.75) is 69.9 Å². The number of urea groups is 1. The molecule has 1 aliphatic carbocycles. The normalized spacial score (nSPS) is 18.6. The van der Waals surface area contributed by atoms with Crippen LogP contribution >= 0.6 is 11.3 Å². The van der Waals surface area contributed by atoms with Gasteiger partial charge in [-0.05, 0) is 48.3 Å². The van der Waals surface area contributed by atoms with Crippen molar-refractivity contribution in [1.82, 2.24) is 15.5 Å². The Labute approximate surface area is 193 Å². The van der Waals surface area contributed by atoms with Gasteiger partial charge in [0.1, 0.15) is 12.1 Å². The second kappa shape index (κ2) is 9.86. The van der Waals surface area contributed by atoms with Crippen molar-refractivity contribution in [3.63, 3.8) is 0 Å². The molecule has 170 valence electrons. The Morgan fingerprint density at radius 1 is 1.16 bits per heavy atom. The molecule has 4 rings (SSSR count). The van der Waals surface area contributed by atoms with Gasteiger partial charge in [0.2, 0.25) is 5.91 Å². The van der Waals surface area contributed by atoms with Gasteiger partial charge in [0.05, 0.1) is 6.04 Å². The lowest BCUT2D eigenvalue weighted by atomic mass is 9.82. The Morgan fingerprint density at radius 3 is 2.56 bits per heavy atom. The minimum atomic E-state index is -0.808. The van der Waals surface area contributed by atoms with Crippen molar-refractivity contribution in [1.29, 1.82) is 0 Å². The van der Waals surface area contributed by atoms with Crippen LogP contribution in [-0.4, -0.2) is 34.8 Å². The number of rotatable bonds is 8. The van der Waals surface area contributed by atoms with Gasteiger partial charge in [-0.3, -0.25) is 14.5 Å². The zero-order valence-corrected chi connectivity index (χ0v) is 19.4. The predicted octanol–water partition coefficient (Wildman–Crippen LogP) is 4.55. The Bertz CT molecular complexity index is 949. The lowest BCUT2D eigenvalue weighted by Gasteiger charge is -2.30. The molecule has 1 aliphatic heterocycles. The molecule has 6 nitrogen and oxygen atoms in total. The Hall–Kier alpha value is -2.67. The zero-order valence-electron chi connectivity index (χ0n) is 18.6. The molecule has 1 spiro atoms. The topological polar surface area (TPSA) is 78.5 Å². The van der Waals surface area contributed by atoms with Crippen LogP contribution in [0.5, 0.6) is 0 Å². The van der Waals surface area contributed by atoms with Crippen LogP contribution in [0, 0.1) is 0 Å². The summed E-state index contributed by atoms with van der Waals surface area (Å²) in [6, 6.07) is 11.5. The van der Waals surface area contributed by atoms with Gasteiger partial charge in [-0.15, -0.1) is 11.3 Å². The lowest BCUT2D eigenvalue weighted by Crippen LogP contribution is -2.49. The van der Waals surface area contributed by atoms with Crippen LogP contribution in [0.2, 0.25) is 0 Å². The van der Waals surface area contributed by atoms with E-state index in [4.69, 9.17) is 0 Å². The largest absolute Gasteiger partial charge is 0.343 e. The van der Waals surface area contributed by atoms with Crippen molar-refractivity contribution in [3.05, 3.63) is 57.8 Å². The Kier molecular flexibility index (Phi) is 6.94. The standard InChI is InChI=1S/C25H31N3O3S/c1-2-3-8-18-10-12-19(13-11-18)22(20-9-7-16-32-20)26-21(29)17-28-23(30)25(27-24(28)31)14-5-4-6-15-25/h7,9-13,16,22H,2-6,8,14-15,17H2,1H3,(H,26,29)(H,27,31). The second-order valence-corrected chi connectivity index (χ2v) is 9.80. The third kappa shape index (κ3) is 4.72. The smallest absolute Gasteiger partial charge is 0.325 e. The minimum Gasteiger partial charge on any atom is -0.343 e. The highest BCUT2D eigenvalue weighted by Gasteiger charge is 2.51. The first kappa shape index (κ1) is 22.5. The highest BCUT2D eigenvalue weighted by atomic mass is 32.1. The molecule has 1 saturated heterocycles. The first-order valence-corrected chi connectivity index (χ1v) is 12.5. The molecular weight excluding hydrogens is 422 g/mol. The third-order valence-corrected chi connectivity index (χ3v) is 7.46. The molecule has 1 aromatic carbocycles. The maximum absolute atomic E-state index is 13.0. The molecule has 2 heterocycles. The van der Waals surface area contributed by atoms with E-state index in [1.807, 2.05) is 17.5 Å². The monoisotopic (exact) mass is 453 g/mol. The second-order valence-electron chi connectivity index (χ2n) is 8.83. The van der Waals surface area contributed by atoms with Crippen molar-refractivity contribution >= 4 is 29.2 Å². The highest BCUT2D eigenvalue weighted by molar-refractivity contribution is 7.10. The SMILES string of the molecule is CCCCc1ccc(C(NC(=O)CN2C(=O)NC3(CCCCC3)C2=O)c2cccs2)cc1. The fourth-order valence-corrected chi connectivity index (χ4v) is 5.50. The summed E-state index contributed by atoms with van der Waals surface area (Å²) in [5.74, 6) is -0.597. The van der Waals surface area contributed by atoms with Crippen LogP contribution in [0.25, 0.3) is 0 Å². The van der Waals surface area contributed by atoms with Crippen LogP contribution in [-0.2, 0) is 16.0 Å². The van der Waals surface area contributed by atoms with Gasteiger partial charge >= 0.3 is 6.03 Å². The van der Waals surface area contributed by atoms with Gasteiger partial charge in [0.15, 0.2) is 0 Å². The van der Waals surface area contributed by atoms with Gasteiger partial charge in [-0.1, -0.05) is 62.9 Å². The number of nitrogens with one attached hydrogen (secondary N) is 2.